The number of carbonyl (C=O) groups excluding carboxylic acids is 2. The Kier molecular flexibility index (Phi) is 5.52. The number of hydrogen-bond donors (Lipinski definition) is 1. The third-order valence-corrected chi connectivity index (χ3v) is 4.74. The summed E-state index contributed by atoms with van der Waals surface area (Å²) in [6, 6.07) is 6.71. The average molecular weight is 383 g/mol. The number of hydrogen-bond acceptors (Lipinski definition) is 4. The summed E-state index contributed by atoms with van der Waals surface area (Å²) < 4.78 is 38.9. The topological polar surface area (TPSA) is 84.6 Å². The summed E-state index contributed by atoms with van der Waals surface area (Å²) in [7, 11) is 0. The van der Waals surface area contributed by atoms with Crippen molar-refractivity contribution in [2.45, 2.75) is 44.6 Å². The molecule has 1 N–H and O–H groups in total. The van der Waals surface area contributed by atoms with E-state index in [1.165, 1.54) is 36.1 Å². The fourth-order valence-corrected chi connectivity index (χ4v) is 2.95. The van der Waals surface area contributed by atoms with Crippen molar-refractivity contribution in [3.63, 3.8) is 0 Å². The number of carbonyl (C=O) groups is 2. The van der Waals surface area contributed by atoms with Crippen molar-refractivity contribution in [2.24, 2.45) is 0 Å². The highest BCUT2D eigenvalue weighted by Crippen LogP contribution is 2.33. The van der Waals surface area contributed by atoms with Gasteiger partial charge in [0.05, 0.1) is 11.6 Å². The molecule has 27 heavy (non-hydrogen) atoms. The average Bonchev–Trinajstić information content (AvgIpc) is 2.61. The molecule has 1 heterocycles. The minimum absolute atomic E-state index is 0.0275. The molecule has 3 atom stereocenters. The first kappa shape index (κ1) is 20.7. The third-order valence-electron chi connectivity index (χ3n) is 4.74. The van der Waals surface area contributed by atoms with Crippen LogP contribution in [0.1, 0.15) is 36.7 Å². The molecule has 0 bridgehead atoms. The van der Waals surface area contributed by atoms with Gasteiger partial charge in [0, 0.05) is 30.7 Å². The summed E-state index contributed by atoms with van der Waals surface area (Å²) in [5, 5.41) is 18.5. The number of piperazine rings is 1. The Bertz CT molecular complexity index is 769. The lowest BCUT2D eigenvalue weighted by atomic mass is 9.99. The zero-order chi connectivity index (χ0) is 20.6. The maximum Gasteiger partial charge on any atom is 0.426 e. The maximum absolute atomic E-state index is 13.0. The molecule has 1 aliphatic heterocycles. The Morgan fingerprint density at radius 3 is 2.07 bits per heavy atom. The van der Waals surface area contributed by atoms with E-state index < -0.39 is 29.8 Å². The molecule has 0 aromatic heterocycles. The van der Waals surface area contributed by atoms with Crippen LogP contribution in [0.15, 0.2) is 24.3 Å². The van der Waals surface area contributed by atoms with Crippen LogP contribution in [0.25, 0.3) is 0 Å². The molecule has 0 unspecified atom stereocenters. The van der Waals surface area contributed by atoms with Gasteiger partial charge < -0.3 is 14.9 Å². The number of alkyl halides is 3. The first-order valence-electron chi connectivity index (χ1n) is 8.31. The van der Waals surface area contributed by atoms with Crippen LogP contribution in [0.5, 0.6) is 0 Å². The molecule has 2 rings (SSSR count). The summed E-state index contributed by atoms with van der Waals surface area (Å²) in [6.07, 6.45) is -5.09. The van der Waals surface area contributed by atoms with Crippen molar-refractivity contribution in [3.05, 3.63) is 35.4 Å². The summed E-state index contributed by atoms with van der Waals surface area (Å²) in [5.74, 6) is -1.77. The van der Waals surface area contributed by atoms with E-state index in [9.17, 15) is 27.9 Å². The van der Waals surface area contributed by atoms with Crippen LogP contribution < -0.4 is 0 Å². The van der Waals surface area contributed by atoms with Gasteiger partial charge in [-0.05, 0) is 45.0 Å². The molecule has 0 radical (unpaired) electrons. The number of aliphatic hydroxyl groups is 1. The third kappa shape index (κ3) is 3.90. The van der Waals surface area contributed by atoms with Gasteiger partial charge in [0.15, 0.2) is 0 Å². The molecule has 146 valence electrons. The predicted molar refractivity (Wildman–Crippen MR) is 89.5 cm³/mol. The minimum atomic E-state index is -5.09. The Labute approximate surface area is 154 Å². The quantitative estimate of drug-likeness (QED) is 0.846. The molecule has 2 amide bonds. The van der Waals surface area contributed by atoms with E-state index in [4.69, 9.17) is 5.26 Å². The van der Waals surface area contributed by atoms with Crippen molar-refractivity contribution in [1.29, 1.82) is 5.26 Å². The summed E-state index contributed by atoms with van der Waals surface area (Å²) in [6.45, 7) is 3.47. The standard InChI is InChI=1S/C18H20F3N3O3/c1-11-10-24(16(26)17(3,27)18(19,20)21)12(2)9-23(11)15(25)14-6-4-13(8-22)5-7-14/h4-7,11-12,27H,9-10H2,1-3H3/t11-,12+,17-/m1/s1. The molecule has 1 fully saturated rings. The molecule has 0 spiro atoms. The predicted octanol–water partition coefficient (Wildman–Crippen LogP) is 1.93. The molecule has 1 aromatic carbocycles. The first-order chi connectivity index (χ1) is 12.4. The number of rotatable bonds is 2. The van der Waals surface area contributed by atoms with Gasteiger partial charge in [0.1, 0.15) is 0 Å². The SMILES string of the molecule is C[C@@H]1CN(C(=O)[C@@](C)(O)C(F)(F)F)[C@@H](C)CN1C(=O)c1ccc(C#N)cc1. The second kappa shape index (κ2) is 7.19. The lowest BCUT2D eigenvalue weighted by molar-refractivity contribution is -0.251. The Morgan fingerprint density at radius 1 is 1.11 bits per heavy atom. The Hall–Kier alpha value is -2.60. The second-order valence-corrected chi connectivity index (χ2v) is 6.87. The van der Waals surface area contributed by atoms with E-state index in [1.54, 1.807) is 6.92 Å². The van der Waals surface area contributed by atoms with Gasteiger partial charge in [-0.15, -0.1) is 0 Å². The van der Waals surface area contributed by atoms with E-state index in [0.717, 1.165) is 4.90 Å². The van der Waals surface area contributed by atoms with Crippen LogP contribution in [0.4, 0.5) is 13.2 Å². The minimum Gasteiger partial charge on any atom is -0.373 e. The summed E-state index contributed by atoms with van der Waals surface area (Å²) >= 11 is 0. The molecule has 1 aromatic rings. The van der Waals surface area contributed by atoms with Gasteiger partial charge >= 0.3 is 6.18 Å². The smallest absolute Gasteiger partial charge is 0.373 e. The fourth-order valence-electron chi connectivity index (χ4n) is 2.95. The van der Waals surface area contributed by atoms with Gasteiger partial charge in [0.2, 0.25) is 5.60 Å². The summed E-state index contributed by atoms with van der Waals surface area (Å²) in [5.41, 5.74) is -2.74. The maximum atomic E-state index is 13.0. The first-order valence-corrected chi connectivity index (χ1v) is 8.31. The van der Waals surface area contributed by atoms with Crippen molar-refractivity contribution >= 4 is 11.8 Å². The van der Waals surface area contributed by atoms with E-state index in [-0.39, 0.29) is 19.0 Å². The summed E-state index contributed by atoms with van der Waals surface area (Å²) in [4.78, 5) is 27.4. The molecule has 6 nitrogen and oxygen atoms in total. The number of halogens is 3. The number of nitrogens with zero attached hydrogens (tertiary/aromatic N) is 3. The monoisotopic (exact) mass is 383 g/mol. The molecule has 0 saturated carbocycles. The van der Waals surface area contributed by atoms with Crippen LogP contribution in [0.3, 0.4) is 0 Å². The zero-order valence-electron chi connectivity index (χ0n) is 15.1. The molecular formula is C18H20F3N3O3. The van der Waals surface area contributed by atoms with Gasteiger partial charge in [-0.3, -0.25) is 9.59 Å². The van der Waals surface area contributed by atoms with E-state index >= 15 is 0 Å². The molecule has 1 aliphatic rings. The Morgan fingerprint density at radius 2 is 1.59 bits per heavy atom. The number of benzene rings is 1. The Balaban J connectivity index is 2.18. The van der Waals surface area contributed by atoms with Gasteiger partial charge in [0.25, 0.3) is 11.8 Å². The zero-order valence-corrected chi connectivity index (χ0v) is 15.1. The highest BCUT2D eigenvalue weighted by molar-refractivity contribution is 5.95. The fraction of sp³-hybridized carbons (Fsp3) is 0.500. The van der Waals surface area contributed by atoms with Crippen LogP contribution in [-0.4, -0.2) is 63.7 Å². The lowest BCUT2D eigenvalue weighted by Gasteiger charge is -2.46. The normalized spacial score (nSPS) is 22.7. The molecule has 1 saturated heterocycles. The highest BCUT2D eigenvalue weighted by Gasteiger charge is 2.58. The van der Waals surface area contributed by atoms with Crippen molar-refractivity contribution in [1.82, 2.24) is 9.80 Å². The van der Waals surface area contributed by atoms with Gasteiger partial charge in [-0.2, -0.15) is 18.4 Å². The number of nitriles is 1. The largest absolute Gasteiger partial charge is 0.426 e. The van der Waals surface area contributed by atoms with Crippen molar-refractivity contribution in [3.8, 4) is 6.07 Å². The van der Waals surface area contributed by atoms with Gasteiger partial charge in [-0.25, -0.2) is 0 Å². The van der Waals surface area contributed by atoms with Crippen molar-refractivity contribution in [2.75, 3.05) is 13.1 Å². The van der Waals surface area contributed by atoms with Crippen LogP contribution in [0.2, 0.25) is 0 Å². The van der Waals surface area contributed by atoms with E-state index in [1.807, 2.05) is 6.07 Å². The molecule has 9 heteroatoms. The van der Waals surface area contributed by atoms with Crippen LogP contribution >= 0.6 is 0 Å². The van der Waals surface area contributed by atoms with Crippen LogP contribution in [0, 0.1) is 11.3 Å². The molecule has 0 aliphatic carbocycles. The highest BCUT2D eigenvalue weighted by atomic mass is 19.4. The van der Waals surface area contributed by atoms with Crippen molar-refractivity contribution < 1.29 is 27.9 Å². The second-order valence-electron chi connectivity index (χ2n) is 6.87. The number of amides is 2. The van der Waals surface area contributed by atoms with Crippen LogP contribution in [-0.2, 0) is 4.79 Å². The lowest BCUT2D eigenvalue weighted by Crippen LogP contribution is -2.65. The van der Waals surface area contributed by atoms with E-state index in [2.05, 4.69) is 0 Å². The van der Waals surface area contributed by atoms with Gasteiger partial charge in [-0.1, -0.05) is 0 Å². The van der Waals surface area contributed by atoms with E-state index in [0.29, 0.717) is 18.1 Å². The molecular weight excluding hydrogens is 363 g/mol.